The van der Waals surface area contributed by atoms with Gasteiger partial charge in [0.1, 0.15) is 11.4 Å². The smallest absolute Gasteiger partial charge is 0.343 e. The molecule has 122 valence electrons. The first-order chi connectivity index (χ1) is 10.7. The summed E-state index contributed by atoms with van der Waals surface area (Å²) in [6.45, 7) is 2.21. The van der Waals surface area contributed by atoms with Gasteiger partial charge in [-0.15, -0.1) is 0 Å². The van der Waals surface area contributed by atoms with E-state index in [2.05, 4.69) is 17.2 Å². The van der Waals surface area contributed by atoms with E-state index in [9.17, 15) is 4.79 Å². The van der Waals surface area contributed by atoms with Crippen LogP contribution in [0.25, 0.3) is 0 Å². The highest BCUT2D eigenvalue weighted by Crippen LogP contribution is 2.30. The van der Waals surface area contributed by atoms with E-state index in [-0.39, 0.29) is 0 Å². The number of ether oxygens (including phenoxy) is 2. The molecule has 1 heterocycles. The number of nitrogens with one attached hydrogen (secondary N) is 1. The molecule has 0 radical (unpaired) electrons. The first kappa shape index (κ1) is 16.9. The lowest BCUT2D eigenvalue weighted by Gasteiger charge is -2.29. The van der Waals surface area contributed by atoms with Crippen LogP contribution in [0, 0.1) is 0 Å². The second-order valence-corrected chi connectivity index (χ2v) is 6.91. The third-order valence-corrected chi connectivity index (χ3v) is 5.07. The van der Waals surface area contributed by atoms with Crippen molar-refractivity contribution in [1.82, 2.24) is 4.98 Å². The number of pyridine rings is 1. The minimum Gasteiger partial charge on any atom is -0.480 e. The number of carbonyl (C=O) groups excluding carboxylic acids is 1. The van der Waals surface area contributed by atoms with Crippen LogP contribution in [-0.4, -0.2) is 42.2 Å². The average Bonchev–Trinajstić information content (AvgIpc) is 2.54. The molecule has 5 nitrogen and oxygen atoms in total. The van der Waals surface area contributed by atoms with E-state index in [0.717, 1.165) is 29.7 Å². The highest BCUT2D eigenvalue weighted by Gasteiger charge is 2.22. The van der Waals surface area contributed by atoms with E-state index >= 15 is 0 Å². The van der Waals surface area contributed by atoms with Gasteiger partial charge in [-0.25, -0.2) is 4.79 Å². The van der Waals surface area contributed by atoms with Crippen molar-refractivity contribution in [2.24, 2.45) is 0 Å². The molecule has 1 aromatic rings. The molecule has 1 aliphatic carbocycles. The van der Waals surface area contributed by atoms with Crippen LogP contribution in [0.3, 0.4) is 0 Å². The standard InChI is InChI=1S/C16H24N2O3S/c1-4-22-12-7-5-6-11(10-12)17-14-9-8-13(16(19)21-3)15(18-14)20-2/h8-9,11-12H,4-7,10H2,1-3H3,(H,17,18). The van der Waals surface area contributed by atoms with Gasteiger partial charge < -0.3 is 14.8 Å². The quantitative estimate of drug-likeness (QED) is 0.810. The van der Waals surface area contributed by atoms with Crippen LogP contribution < -0.4 is 10.1 Å². The van der Waals surface area contributed by atoms with Crippen LogP contribution in [0.1, 0.15) is 43.0 Å². The van der Waals surface area contributed by atoms with Gasteiger partial charge in [0.25, 0.3) is 0 Å². The molecule has 1 fully saturated rings. The molecule has 0 amide bonds. The molecule has 1 saturated carbocycles. The topological polar surface area (TPSA) is 60.5 Å². The maximum atomic E-state index is 11.6. The van der Waals surface area contributed by atoms with Crippen LogP contribution in [0.2, 0.25) is 0 Å². The maximum Gasteiger partial charge on any atom is 0.343 e. The van der Waals surface area contributed by atoms with Crippen molar-refractivity contribution in [3.8, 4) is 5.88 Å². The number of thioether (sulfide) groups is 1. The number of methoxy groups -OCH3 is 2. The molecule has 0 saturated heterocycles. The van der Waals surface area contributed by atoms with E-state index in [1.807, 2.05) is 17.8 Å². The largest absolute Gasteiger partial charge is 0.480 e. The van der Waals surface area contributed by atoms with Crippen LogP contribution in [0.5, 0.6) is 5.88 Å². The minimum atomic E-state index is -0.437. The molecule has 1 aliphatic rings. The molecule has 0 spiro atoms. The SMILES string of the molecule is CCSC1CCCC(Nc2ccc(C(=O)OC)c(OC)n2)C1. The Morgan fingerprint density at radius 3 is 2.91 bits per heavy atom. The number of nitrogens with zero attached hydrogens (tertiary/aromatic N) is 1. The van der Waals surface area contributed by atoms with Crippen LogP contribution >= 0.6 is 11.8 Å². The molecule has 2 unspecified atom stereocenters. The first-order valence-corrected chi connectivity index (χ1v) is 8.74. The molecule has 0 bridgehead atoms. The summed E-state index contributed by atoms with van der Waals surface area (Å²) in [6, 6.07) is 3.94. The number of carbonyl (C=O) groups is 1. The minimum absolute atomic E-state index is 0.298. The second kappa shape index (κ2) is 8.27. The Labute approximate surface area is 136 Å². The third-order valence-electron chi connectivity index (χ3n) is 3.84. The van der Waals surface area contributed by atoms with Gasteiger partial charge in [0.15, 0.2) is 0 Å². The van der Waals surface area contributed by atoms with Crippen LogP contribution in [0.15, 0.2) is 12.1 Å². The van der Waals surface area contributed by atoms with E-state index in [1.54, 1.807) is 6.07 Å². The number of rotatable bonds is 6. The average molecular weight is 324 g/mol. The van der Waals surface area contributed by atoms with Crippen molar-refractivity contribution in [3.63, 3.8) is 0 Å². The summed E-state index contributed by atoms with van der Waals surface area (Å²) in [4.78, 5) is 16.0. The summed E-state index contributed by atoms with van der Waals surface area (Å²) in [5.41, 5.74) is 0.346. The zero-order valence-corrected chi connectivity index (χ0v) is 14.2. The Kier molecular flexibility index (Phi) is 6.36. The first-order valence-electron chi connectivity index (χ1n) is 7.69. The van der Waals surface area contributed by atoms with Gasteiger partial charge >= 0.3 is 5.97 Å². The van der Waals surface area contributed by atoms with E-state index < -0.39 is 5.97 Å². The van der Waals surface area contributed by atoms with Gasteiger partial charge in [-0.05, 0) is 37.1 Å². The van der Waals surface area contributed by atoms with Crippen molar-refractivity contribution >= 4 is 23.5 Å². The lowest BCUT2D eigenvalue weighted by atomic mass is 9.95. The fraction of sp³-hybridized carbons (Fsp3) is 0.625. The Morgan fingerprint density at radius 1 is 1.41 bits per heavy atom. The second-order valence-electron chi connectivity index (χ2n) is 5.33. The molecular formula is C16H24N2O3S. The normalized spacial score (nSPS) is 21.2. The molecule has 1 N–H and O–H groups in total. The molecule has 2 atom stereocenters. The van der Waals surface area contributed by atoms with Gasteiger partial charge in [0, 0.05) is 11.3 Å². The fourth-order valence-corrected chi connectivity index (χ4v) is 3.99. The Morgan fingerprint density at radius 2 is 2.23 bits per heavy atom. The molecule has 0 aliphatic heterocycles. The molecule has 0 aromatic carbocycles. The van der Waals surface area contributed by atoms with Gasteiger partial charge in [-0.1, -0.05) is 13.3 Å². The lowest BCUT2D eigenvalue weighted by molar-refractivity contribution is 0.0596. The van der Waals surface area contributed by atoms with Crippen molar-refractivity contribution in [1.29, 1.82) is 0 Å². The summed E-state index contributed by atoms with van der Waals surface area (Å²) in [5.74, 6) is 1.77. The monoisotopic (exact) mass is 324 g/mol. The summed E-state index contributed by atoms with van der Waals surface area (Å²) in [5, 5.41) is 4.20. The van der Waals surface area contributed by atoms with Crippen molar-refractivity contribution in [2.75, 3.05) is 25.3 Å². The number of esters is 1. The van der Waals surface area contributed by atoms with Crippen molar-refractivity contribution in [3.05, 3.63) is 17.7 Å². The Bertz CT molecular complexity index is 508. The number of aromatic nitrogens is 1. The fourth-order valence-electron chi connectivity index (χ4n) is 2.81. The van der Waals surface area contributed by atoms with Gasteiger partial charge in [-0.2, -0.15) is 16.7 Å². The molecule has 22 heavy (non-hydrogen) atoms. The number of anilines is 1. The van der Waals surface area contributed by atoms with Crippen molar-refractivity contribution in [2.45, 2.75) is 43.9 Å². The Hall–Kier alpha value is -1.43. The highest BCUT2D eigenvalue weighted by atomic mass is 32.2. The van der Waals surface area contributed by atoms with Gasteiger partial charge in [-0.3, -0.25) is 0 Å². The van der Waals surface area contributed by atoms with Gasteiger partial charge in [0.05, 0.1) is 14.2 Å². The summed E-state index contributed by atoms with van der Waals surface area (Å²) in [7, 11) is 2.86. The van der Waals surface area contributed by atoms with E-state index in [4.69, 9.17) is 9.47 Å². The summed E-state index contributed by atoms with van der Waals surface area (Å²) in [6.07, 6.45) is 4.85. The van der Waals surface area contributed by atoms with E-state index in [1.165, 1.54) is 27.1 Å². The molecular weight excluding hydrogens is 300 g/mol. The third kappa shape index (κ3) is 4.29. The zero-order chi connectivity index (χ0) is 15.9. The van der Waals surface area contributed by atoms with E-state index in [0.29, 0.717) is 17.5 Å². The molecule has 1 aromatic heterocycles. The zero-order valence-electron chi connectivity index (χ0n) is 13.4. The number of hydrogen-bond acceptors (Lipinski definition) is 6. The summed E-state index contributed by atoms with van der Waals surface area (Å²) >= 11 is 2.04. The van der Waals surface area contributed by atoms with Gasteiger partial charge in [0.2, 0.25) is 5.88 Å². The molecule has 6 heteroatoms. The molecule has 2 rings (SSSR count). The predicted molar refractivity (Wildman–Crippen MR) is 89.9 cm³/mol. The van der Waals surface area contributed by atoms with Crippen LogP contribution in [0.4, 0.5) is 5.82 Å². The Balaban J connectivity index is 2.05. The van der Waals surface area contributed by atoms with Crippen molar-refractivity contribution < 1.29 is 14.3 Å². The predicted octanol–water partition coefficient (Wildman–Crippen LogP) is 3.35. The highest BCUT2D eigenvalue weighted by molar-refractivity contribution is 7.99. The van der Waals surface area contributed by atoms with Crippen LogP contribution in [-0.2, 0) is 4.74 Å². The maximum absolute atomic E-state index is 11.6. The lowest BCUT2D eigenvalue weighted by Crippen LogP contribution is -2.29. The number of hydrogen-bond donors (Lipinski definition) is 1. The summed E-state index contributed by atoms with van der Waals surface area (Å²) < 4.78 is 9.93.